The molecule has 0 aliphatic rings. The quantitative estimate of drug-likeness (QED) is 0.710. The van der Waals surface area contributed by atoms with Gasteiger partial charge in [0.25, 0.3) is 0 Å². The first-order valence-electron chi connectivity index (χ1n) is 6.70. The van der Waals surface area contributed by atoms with Crippen molar-refractivity contribution in [3.05, 3.63) is 41.8 Å². The first kappa shape index (κ1) is 15.4. The second-order valence-corrected chi connectivity index (χ2v) is 4.61. The van der Waals surface area contributed by atoms with Crippen LogP contribution in [0.25, 0.3) is 0 Å². The smallest absolute Gasteiger partial charge is 0.227 e. The number of nitrogens with zero attached hydrogens (tertiary/aromatic N) is 2. The number of nitrogens with one attached hydrogen (secondary N) is 1. The van der Waals surface area contributed by atoms with Gasteiger partial charge in [-0.3, -0.25) is 0 Å². The van der Waals surface area contributed by atoms with Crippen molar-refractivity contribution in [1.82, 2.24) is 15.5 Å². The molecule has 0 radical (unpaired) electrons. The molecule has 0 amide bonds. The maximum Gasteiger partial charge on any atom is 0.227 e. The van der Waals surface area contributed by atoms with Crippen molar-refractivity contribution in [2.45, 2.75) is 19.4 Å². The Labute approximate surface area is 121 Å². The van der Waals surface area contributed by atoms with E-state index in [1.54, 1.807) is 6.92 Å². The minimum absolute atomic E-state index is 0.137. The van der Waals surface area contributed by atoms with Crippen LogP contribution in [0.15, 0.2) is 28.8 Å². The molecule has 0 saturated carbocycles. The number of benzene rings is 1. The molecule has 2 N–H and O–H groups in total. The number of hydrogen-bond acceptors (Lipinski definition) is 6. The molecule has 2 rings (SSSR count). The second kappa shape index (κ2) is 7.70. The van der Waals surface area contributed by atoms with Gasteiger partial charge in [-0.05, 0) is 31.2 Å². The molecule has 1 aromatic carbocycles. The van der Waals surface area contributed by atoms with E-state index in [0.717, 1.165) is 0 Å². The average Bonchev–Trinajstić information content (AvgIpc) is 2.89. The maximum atomic E-state index is 12.7. The summed E-state index contributed by atoms with van der Waals surface area (Å²) >= 11 is 0. The lowest BCUT2D eigenvalue weighted by atomic mass is 10.3. The highest BCUT2D eigenvalue weighted by molar-refractivity contribution is 5.22. The zero-order valence-electron chi connectivity index (χ0n) is 11.8. The first-order valence-corrected chi connectivity index (χ1v) is 6.70. The van der Waals surface area contributed by atoms with E-state index < -0.39 is 6.10 Å². The van der Waals surface area contributed by atoms with Crippen molar-refractivity contribution in [2.75, 3.05) is 19.7 Å². The molecule has 2 aromatic rings. The molecule has 0 aliphatic heterocycles. The van der Waals surface area contributed by atoms with E-state index in [1.807, 2.05) is 0 Å². The van der Waals surface area contributed by atoms with Crippen LogP contribution in [-0.4, -0.2) is 41.0 Å². The molecule has 0 spiro atoms. The summed E-state index contributed by atoms with van der Waals surface area (Å²) in [6.45, 7) is 2.90. The Morgan fingerprint density at radius 2 is 2.14 bits per heavy atom. The van der Waals surface area contributed by atoms with Crippen LogP contribution in [0.2, 0.25) is 0 Å². The van der Waals surface area contributed by atoms with Crippen LogP contribution >= 0.6 is 0 Å². The molecule has 21 heavy (non-hydrogen) atoms. The van der Waals surface area contributed by atoms with Crippen LogP contribution in [0.3, 0.4) is 0 Å². The minimum Gasteiger partial charge on any atom is -0.491 e. The predicted octanol–water partition coefficient (Wildman–Crippen LogP) is 1.09. The first-order chi connectivity index (χ1) is 10.1. The Hall–Kier alpha value is -1.99. The lowest BCUT2D eigenvalue weighted by molar-refractivity contribution is 0.106. The zero-order chi connectivity index (χ0) is 15.1. The Balaban J connectivity index is 1.59. The van der Waals surface area contributed by atoms with Crippen molar-refractivity contribution in [3.8, 4) is 5.75 Å². The fourth-order valence-corrected chi connectivity index (χ4v) is 1.69. The molecule has 7 heteroatoms. The maximum absolute atomic E-state index is 12.7. The molecular weight excluding hydrogens is 277 g/mol. The second-order valence-electron chi connectivity index (χ2n) is 4.61. The molecule has 1 aromatic heterocycles. The molecule has 1 unspecified atom stereocenters. The standard InChI is InChI=1S/C14H18FN3O3/c1-10-17-14(21-18-10)6-7-16-8-12(19)9-20-13-4-2-11(15)3-5-13/h2-5,12,16,19H,6-9H2,1H3. The number of ether oxygens (including phenoxy) is 1. The molecule has 0 aliphatic carbocycles. The van der Waals surface area contributed by atoms with E-state index >= 15 is 0 Å². The van der Waals surface area contributed by atoms with E-state index in [-0.39, 0.29) is 12.4 Å². The van der Waals surface area contributed by atoms with Gasteiger partial charge >= 0.3 is 0 Å². The van der Waals surface area contributed by atoms with Crippen molar-refractivity contribution in [2.24, 2.45) is 0 Å². The van der Waals surface area contributed by atoms with Gasteiger partial charge in [0.2, 0.25) is 5.89 Å². The summed E-state index contributed by atoms with van der Waals surface area (Å²) in [5.74, 6) is 1.38. The van der Waals surface area contributed by atoms with Gasteiger partial charge in [0.05, 0.1) is 0 Å². The Morgan fingerprint density at radius 1 is 1.38 bits per heavy atom. The van der Waals surface area contributed by atoms with Gasteiger partial charge in [-0.2, -0.15) is 4.98 Å². The van der Waals surface area contributed by atoms with E-state index in [4.69, 9.17) is 9.26 Å². The van der Waals surface area contributed by atoms with Gasteiger partial charge in [0.15, 0.2) is 5.82 Å². The van der Waals surface area contributed by atoms with Crippen LogP contribution in [-0.2, 0) is 6.42 Å². The van der Waals surface area contributed by atoms with Crippen molar-refractivity contribution in [3.63, 3.8) is 0 Å². The lowest BCUT2D eigenvalue weighted by Crippen LogP contribution is -2.32. The predicted molar refractivity (Wildman–Crippen MR) is 73.5 cm³/mol. The van der Waals surface area contributed by atoms with Gasteiger partial charge in [-0.15, -0.1) is 0 Å². The number of aliphatic hydroxyl groups is 1. The third-order valence-electron chi connectivity index (χ3n) is 2.72. The Morgan fingerprint density at radius 3 is 2.81 bits per heavy atom. The molecule has 0 fully saturated rings. The SMILES string of the molecule is Cc1noc(CCNCC(O)COc2ccc(F)cc2)n1. The minimum atomic E-state index is -0.653. The lowest BCUT2D eigenvalue weighted by Gasteiger charge is -2.12. The van der Waals surface area contributed by atoms with Crippen LogP contribution in [0.4, 0.5) is 4.39 Å². The van der Waals surface area contributed by atoms with E-state index in [9.17, 15) is 9.50 Å². The number of hydrogen-bond donors (Lipinski definition) is 2. The van der Waals surface area contributed by atoms with Crippen LogP contribution < -0.4 is 10.1 Å². The number of rotatable bonds is 8. The molecular formula is C14H18FN3O3. The Bertz CT molecular complexity index is 545. The Kier molecular flexibility index (Phi) is 5.65. The van der Waals surface area contributed by atoms with Crippen LogP contribution in [0.5, 0.6) is 5.75 Å². The largest absolute Gasteiger partial charge is 0.491 e. The van der Waals surface area contributed by atoms with Gasteiger partial charge in [0.1, 0.15) is 24.3 Å². The summed E-state index contributed by atoms with van der Waals surface area (Å²) in [7, 11) is 0. The van der Waals surface area contributed by atoms with Gasteiger partial charge in [-0.1, -0.05) is 5.16 Å². The fourth-order valence-electron chi connectivity index (χ4n) is 1.69. The number of aryl methyl sites for hydroxylation is 1. The van der Waals surface area contributed by atoms with Crippen LogP contribution in [0, 0.1) is 12.7 Å². The van der Waals surface area contributed by atoms with Crippen molar-refractivity contribution >= 4 is 0 Å². The molecule has 1 atom stereocenters. The summed E-state index contributed by atoms with van der Waals surface area (Å²) in [5, 5.41) is 16.5. The highest BCUT2D eigenvalue weighted by atomic mass is 19.1. The van der Waals surface area contributed by atoms with E-state index in [2.05, 4.69) is 15.5 Å². The normalized spacial score (nSPS) is 12.3. The van der Waals surface area contributed by atoms with E-state index in [0.29, 0.717) is 37.0 Å². The monoisotopic (exact) mass is 295 g/mol. The van der Waals surface area contributed by atoms with Crippen molar-refractivity contribution < 1.29 is 18.8 Å². The molecule has 114 valence electrons. The highest BCUT2D eigenvalue weighted by Crippen LogP contribution is 2.11. The summed E-state index contributed by atoms with van der Waals surface area (Å²) in [4.78, 5) is 4.07. The van der Waals surface area contributed by atoms with E-state index in [1.165, 1.54) is 24.3 Å². The van der Waals surface area contributed by atoms with Crippen LogP contribution in [0.1, 0.15) is 11.7 Å². The molecule has 6 nitrogen and oxygen atoms in total. The van der Waals surface area contributed by atoms with Gasteiger partial charge < -0.3 is 19.7 Å². The third kappa shape index (κ3) is 5.49. The average molecular weight is 295 g/mol. The zero-order valence-corrected chi connectivity index (χ0v) is 11.8. The summed E-state index contributed by atoms with van der Waals surface area (Å²) < 4.78 is 23.0. The number of halogens is 1. The number of aliphatic hydroxyl groups excluding tert-OH is 1. The molecule has 0 saturated heterocycles. The van der Waals surface area contributed by atoms with Gasteiger partial charge in [-0.25, -0.2) is 4.39 Å². The van der Waals surface area contributed by atoms with Gasteiger partial charge in [0, 0.05) is 19.5 Å². The summed E-state index contributed by atoms with van der Waals surface area (Å²) in [6, 6.07) is 5.67. The summed E-state index contributed by atoms with van der Waals surface area (Å²) in [5.41, 5.74) is 0. The highest BCUT2D eigenvalue weighted by Gasteiger charge is 2.06. The number of aromatic nitrogens is 2. The third-order valence-corrected chi connectivity index (χ3v) is 2.72. The summed E-state index contributed by atoms with van der Waals surface area (Å²) in [6.07, 6.45) is -0.0497. The topological polar surface area (TPSA) is 80.4 Å². The molecule has 1 heterocycles. The fraction of sp³-hybridized carbons (Fsp3) is 0.429. The molecule has 0 bridgehead atoms. The van der Waals surface area contributed by atoms with Crippen molar-refractivity contribution in [1.29, 1.82) is 0 Å².